The van der Waals surface area contributed by atoms with Gasteiger partial charge in [-0.2, -0.15) is 0 Å². The van der Waals surface area contributed by atoms with E-state index in [0.29, 0.717) is 25.9 Å². The Bertz CT molecular complexity index is 696. The van der Waals surface area contributed by atoms with E-state index in [-0.39, 0.29) is 17.2 Å². The molecule has 2 N–H and O–H groups in total. The van der Waals surface area contributed by atoms with Crippen LogP contribution >= 0.6 is 0 Å². The molecule has 0 radical (unpaired) electrons. The number of hydrogen-bond donors (Lipinski definition) is 2. The first-order chi connectivity index (χ1) is 12.7. The summed E-state index contributed by atoms with van der Waals surface area (Å²) in [5, 5.41) is 5.95. The van der Waals surface area contributed by atoms with Crippen LogP contribution in [0.25, 0.3) is 0 Å². The maximum Gasteiger partial charge on any atom is 0.224 e. The standard InChI is InChI=1S/C23H30N2O2/c1-17-5-9-19(10-6-17)13-21(26)24-15-23(3,4)16-25-22(27)14-20-11-7-18(2)8-12-20/h5-12H,13-16H2,1-4H3,(H,24,26)(H,25,27). The number of rotatable bonds is 8. The van der Waals surface area contributed by atoms with Gasteiger partial charge in [0.2, 0.25) is 11.8 Å². The zero-order chi connectivity index (χ0) is 19.9. The van der Waals surface area contributed by atoms with Gasteiger partial charge in [0, 0.05) is 13.1 Å². The molecule has 0 aromatic heterocycles. The van der Waals surface area contributed by atoms with E-state index in [4.69, 9.17) is 0 Å². The van der Waals surface area contributed by atoms with Gasteiger partial charge in [0.1, 0.15) is 0 Å². The molecule has 4 heteroatoms. The highest BCUT2D eigenvalue weighted by Crippen LogP contribution is 2.12. The van der Waals surface area contributed by atoms with Crippen molar-refractivity contribution in [1.82, 2.24) is 10.6 Å². The maximum atomic E-state index is 12.2. The highest BCUT2D eigenvalue weighted by Gasteiger charge is 2.20. The van der Waals surface area contributed by atoms with Gasteiger partial charge in [-0.1, -0.05) is 73.5 Å². The number of aryl methyl sites for hydroxylation is 2. The molecule has 2 amide bonds. The molecule has 0 bridgehead atoms. The molecule has 0 aliphatic rings. The monoisotopic (exact) mass is 366 g/mol. The van der Waals surface area contributed by atoms with Gasteiger partial charge >= 0.3 is 0 Å². The van der Waals surface area contributed by atoms with Crippen molar-refractivity contribution in [2.45, 2.75) is 40.5 Å². The summed E-state index contributed by atoms with van der Waals surface area (Å²) < 4.78 is 0. The van der Waals surface area contributed by atoms with Crippen molar-refractivity contribution in [3.05, 3.63) is 70.8 Å². The van der Waals surface area contributed by atoms with E-state index in [0.717, 1.165) is 11.1 Å². The summed E-state index contributed by atoms with van der Waals surface area (Å²) in [4.78, 5) is 24.3. The van der Waals surface area contributed by atoms with Crippen molar-refractivity contribution in [1.29, 1.82) is 0 Å². The highest BCUT2D eigenvalue weighted by atomic mass is 16.2. The van der Waals surface area contributed by atoms with E-state index in [1.54, 1.807) is 0 Å². The first-order valence-corrected chi connectivity index (χ1v) is 9.38. The molecule has 0 aliphatic carbocycles. The quantitative estimate of drug-likeness (QED) is 0.753. The number of amides is 2. The predicted octanol–water partition coefficient (Wildman–Crippen LogP) is 3.35. The van der Waals surface area contributed by atoms with Gasteiger partial charge in [-0.25, -0.2) is 0 Å². The molecule has 2 aromatic rings. The molecule has 4 nitrogen and oxygen atoms in total. The zero-order valence-corrected chi connectivity index (χ0v) is 16.8. The summed E-state index contributed by atoms with van der Waals surface area (Å²) in [6.45, 7) is 9.15. The van der Waals surface area contributed by atoms with Gasteiger partial charge in [0.25, 0.3) is 0 Å². The molecular weight excluding hydrogens is 336 g/mol. The predicted molar refractivity (Wildman–Crippen MR) is 110 cm³/mol. The third-order valence-electron chi connectivity index (χ3n) is 4.50. The van der Waals surface area contributed by atoms with Crippen molar-refractivity contribution in [3.63, 3.8) is 0 Å². The lowest BCUT2D eigenvalue weighted by Gasteiger charge is -2.25. The minimum absolute atomic E-state index is 0.00194. The van der Waals surface area contributed by atoms with E-state index in [1.807, 2.05) is 76.2 Å². The van der Waals surface area contributed by atoms with Crippen LogP contribution in [-0.2, 0) is 22.4 Å². The molecule has 0 saturated heterocycles. The minimum Gasteiger partial charge on any atom is -0.355 e. The largest absolute Gasteiger partial charge is 0.355 e. The average Bonchev–Trinajstić information content (AvgIpc) is 2.63. The number of carbonyl (C=O) groups is 2. The third kappa shape index (κ3) is 7.65. The Morgan fingerprint density at radius 1 is 0.704 bits per heavy atom. The average molecular weight is 367 g/mol. The summed E-state index contributed by atoms with van der Waals surface area (Å²) in [5.74, 6) is -0.00387. The second-order valence-corrected chi connectivity index (χ2v) is 8.04. The molecular formula is C23H30N2O2. The van der Waals surface area contributed by atoms with Crippen LogP contribution in [0, 0.1) is 19.3 Å². The van der Waals surface area contributed by atoms with Gasteiger partial charge in [-0.15, -0.1) is 0 Å². The second kappa shape index (κ2) is 9.36. The third-order valence-corrected chi connectivity index (χ3v) is 4.50. The summed E-state index contributed by atoms with van der Waals surface area (Å²) >= 11 is 0. The molecule has 2 aromatic carbocycles. The topological polar surface area (TPSA) is 58.2 Å². The molecule has 0 aliphatic heterocycles. The minimum atomic E-state index is -0.216. The Kier molecular flexibility index (Phi) is 7.17. The zero-order valence-electron chi connectivity index (χ0n) is 16.8. The fraction of sp³-hybridized carbons (Fsp3) is 0.391. The SMILES string of the molecule is Cc1ccc(CC(=O)NCC(C)(C)CNC(=O)Cc2ccc(C)cc2)cc1. The van der Waals surface area contributed by atoms with E-state index in [1.165, 1.54) is 11.1 Å². The number of hydrogen-bond acceptors (Lipinski definition) is 2. The molecule has 27 heavy (non-hydrogen) atoms. The molecule has 144 valence electrons. The number of nitrogens with one attached hydrogen (secondary N) is 2. The van der Waals surface area contributed by atoms with Crippen molar-refractivity contribution in [2.24, 2.45) is 5.41 Å². The molecule has 0 heterocycles. The summed E-state index contributed by atoms with van der Waals surface area (Å²) in [6.07, 6.45) is 0.742. The fourth-order valence-corrected chi connectivity index (χ4v) is 2.65. The summed E-state index contributed by atoms with van der Waals surface area (Å²) in [6, 6.07) is 16.0. The first kappa shape index (κ1) is 20.7. The Hall–Kier alpha value is -2.62. The summed E-state index contributed by atoms with van der Waals surface area (Å²) in [7, 11) is 0. The molecule has 0 unspecified atom stereocenters. The Balaban J connectivity index is 1.73. The Morgan fingerprint density at radius 3 is 1.37 bits per heavy atom. The maximum absolute atomic E-state index is 12.2. The van der Waals surface area contributed by atoms with Crippen LogP contribution in [0.3, 0.4) is 0 Å². The lowest BCUT2D eigenvalue weighted by Crippen LogP contribution is -2.42. The van der Waals surface area contributed by atoms with Gasteiger partial charge in [-0.05, 0) is 30.4 Å². The van der Waals surface area contributed by atoms with E-state index >= 15 is 0 Å². The molecule has 0 saturated carbocycles. The normalized spacial score (nSPS) is 11.1. The van der Waals surface area contributed by atoms with Crippen LogP contribution in [0.5, 0.6) is 0 Å². The molecule has 2 rings (SSSR count). The fourth-order valence-electron chi connectivity index (χ4n) is 2.65. The first-order valence-electron chi connectivity index (χ1n) is 9.38. The van der Waals surface area contributed by atoms with Crippen LogP contribution in [0.4, 0.5) is 0 Å². The van der Waals surface area contributed by atoms with Crippen molar-refractivity contribution >= 4 is 11.8 Å². The van der Waals surface area contributed by atoms with Gasteiger partial charge < -0.3 is 10.6 Å². The van der Waals surface area contributed by atoms with E-state index < -0.39 is 0 Å². The Labute approximate surface area is 162 Å². The number of carbonyl (C=O) groups excluding carboxylic acids is 2. The van der Waals surface area contributed by atoms with Gasteiger partial charge in [0.15, 0.2) is 0 Å². The van der Waals surface area contributed by atoms with Crippen molar-refractivity contribution < 1.29 is 9.59 Å². The van der Waals surface area contributed by atoms with Crippen LogP contribution < -0.4 is 10.6 Å². The van der Waals surface area contributed by atoms with Gasteiger partial charge in [-0.3, -0.25) is 9.59 Å². The van der Waals surface area contributed by atoms with Gasteiger partial charge in [0.05, 0.1) is 12.8 Å². The van der Waals surface area contributed by atoms with Crippen LogP contribution in [0.1, 0.15) is 36.1 Å². The highest BCUT2D eigenvalue weighted by molar-refractivity contribution is 5.79. The van der Waals surface area contributed by atoms with Crippen LogP contribution in [0.2, 0.25) is 0 Å². The number of benzene rings is 2. The smallest absolute Gasteiger partial charge is 0.224 e. The van der Waals surface area contributed by atoms with Crippen LogP contribution in [-0.4, -0.2) is 24.9 Å². The lowest BCUT2D eigenvalue weighted by atomic mass is 9.93. The molecule has 0 fully saturated rings. The molecule has 0 atom stereocenters. The molecule has 0 spiro atoms. The van der Waals surface area contributed by atoms with Crippen molar-refractivity contribution in [3.8, 4) is 0 Å². The lowest BCUT2D eigenvalue weighted by molar-refractivity contribution is -0.120. The van der Waals surface area contributed by atoms with E-state index in [9.17, 15) is 9.59 Å². The van der Waals surface area contributed by atoms with E-state index in [2.05, 4.69) is 10.6 Å². The second-order valence-electron chi connectivity index (χ2n) is 8.04. The van der Waals surface area contributed by atoms with Crippen molar-refractivity contribution in [2.75, 3.05) is 13.1 Å². The summed E-state index contributed by atoms with van der Waals surface area (Å²) in [5.41, 5.74) is 4.15. The van der Waals surface area contributed by atoms with Crippen LogP contribution in [0.15, 0.2) is 48.5 Å². The Morgan fingerprint density at radius 2 is 1.04 bits per heavy atom.